The van der Waals surface area contributed by atoms with Crippen LogP contribution in [0.25, 0.3) is 10.8 Å². The van der Waals surface area contributed by atoms with Crippen LogP contribution in [0.3, 0.4) is 0 Å². The van der Waals surface area contributed by atoms with E-state index in [1.165, 1.54) is 65.1 Å². The highest BCUT2D eigenvalue weighted by Crippen LogP contribution is 2.41. The van der Waals surface area contributed by atoms with Gasteiger partial charge in [-0.05, 0) is 29.9 Å². The van der Waals surface area contributed by atoms with Gasteiger partial charge in [0.25, 0.3) is 0 Å². The zero-order valence-electron chi connectivity index (χ0n) is 15.3. The first-order chi connectivity index (χ1) is 11.8. The number of thioether (sulfide) groups is 2. The fraction of sp³-hybridized carbons (Fsp3) is 0.600. The van der Waals surface area contributed by atoms with Crippen LogP contribution in [-0.4, -0.2) is 21.2 Å². The Balaban J connectivity index is 2.08. The van der Waals surface area contributed by atoms with Gasteiger partial charge in [-0.15, -0.1) is 23.5 Å². The first-order valence-corrected chi connectivity index (χ1v) is 12.3. The molecular formula is C20H31NS3. The van der Waals surface area contributed by atoms with Crippen LogP contribution in [0.5, 0.6) is 0 Å². The van der Waals surface area contributed by atoms with Gasteiger partial charge >= 0.3 is 0 Å². The Labute approximate surface area is 160 Å². The van der Waals surface area contributed by atoms with Crippen molar-refractivity contribution in [1.29, 1.82) is 0 Å². The Hall–Kier alpha value is -0.190. The molecule has 0 bridgehead atoms. The topological polar surface area (TPSA) is 4.93 Å². The maximum Gasteiger partial charge on any atom is 0.0943 e. The van der Waals surface area contributed by atoms with Crippen molar-refractivity contribution < 1.29 is 0 Å². The molecule has 0 amide bonds. The zero-order chi connectivity index (χ0) is 17.2. The first kappa shape index (κ1) is 20.1. The molecule has 0 spiro atoms. The Morgan fingerprint density at radius 1 is 0.750 bits per heavy atom. The minimum Gasteiger partial charge on any atom is -0.271 e. The summed E-state index contributed by atoms with van der Waals surface area (Å²) in [5.74, 6) is 3.48. The monoisotopic (exact) mass is 381 g/mol. The lowest BCUT2D eigenvalue weighted by Gasteiger charge is -2.11. The van der Waals surface area contributed by atoms with E-state index in [1.807, 2.05) is 35.5 Å². The third kappa shape index (κ3) is 5.40. The van der Waals surface area contributed by atoms with Gasteiger partial charge < -0.3 is 0 Å². The third-order valence-corrected chi connectivity index (χ3v) is 7.29. The fourth-order valence-electron chi connectivity index (χ4n) is 2.87. The molecular weight excluding hydrogens is 350 g/mol. The Morgan fingerprint density at radius 3 is 1.83 bits per heavy atom. The van der Waals surface area contributed by atoms with Gasteiger partial charge in [-0.1, -0.05) is 77.1 Å². The third-order valence-electron chi connectivity index (χ3n) is 4.04. The lowest BCUT2D eigenvalue weighted by molar-refractivity contribution is 0.626. The number of unbranched alkanes of at least 4 members (excludes halogenated alkanes) is 5. The Kier molecular flexibility index (Phi) is 9.59. The van der Waals surface area contributed by atoms with E-state index < -0.39 is 0 Å². The van der Waals surface area contributed by atoms with Crippen LogP contribution < -0.4 is 0 Å². The van der Waals surface area contributed by atoms with Gasteiger partial charge in [-0.3, -0.25) is 3.97 Å². The lowest BCUT2D eigenvalue weighted by atomic mass is 10.1. The second-order valence-corrected chi connectivity index (χ2v) is 9.45. The van der Waals surface area contributed by atoms with Gasteiger partial charge in [0, 0.05) is 16.5 Å². The number of aromatic nitrogens is 1. The molecule has 0 radical (unpaired) electrons. The molecule has 1 aromatic heterocycles. The van der Waals surface area contributed by atoms with E-state index in [0.29, 0.717) is 0 Å². The van der Waals surface area contributed by atoms with Gasteiger partial charge in [-0.2, -0.15) is 0 Å². The number of benzene rings is 1. The first-order valence-electron chi connectivity index (χ1n) is 9.35. The average Bonchev–Trinajstić information content (AvgIpc) is 2.89. The van der Waals surface area contributed by atoms with Crippen LogP contribution in [-0.2, 0) is 0 Å². The number of rotatable bonds is 12. The van der Waals surface area contributed by atoms with Crippen molar-refractivity contribution in [1.82, 2.24) is 3.97 Å². The molecule has 0 aliphatic heterocycles. The van der Waals surface area contributed by atoms with Crippen molar-refractivity contribution in [2.75, 3.05) is 17.3 Å². The molecule has 4 heteroatoms. The van der Waals surface area contributed by atoms with E-state index in [4.69, 9.17) is 0 Å². The van der Waals surface area contributed by atoms with Crippen molar-refractivity contribution in [2.45, 2.75) is 69.3 Å². The van der Waals surface area contributed by atoms with Gasteiger partial charge in [0.05, 0.1) is 10.1 Å². The Morgan fingerprint density at radius 2 is 1.29 bits per heavy atom. The van der Waals surface area contributed by atoms with E-state index in [1.54, 1.807) is 0 Å². The quantitative estimate of drug-likeness (QED) is 0.274. The van der Waals surface area contributed by atoms with E-state index in [0.717, 1.165) is 11.5 Å². The number of hydrogen-bond acceptors (Lipinski definition) is 3. The van der Waals surface area contributed by atoms with Gasteiger partial charge in [0.1, 0.15) is 0 Å². The molecule has 0 atom stereocenters. The molecule has 0 aliphatic carbocycles. The van der Waals surface area contributed by atoms with E-state index in [9.17, 15) is 0 Å². The van der Waals surface area contributed by atoms with E-state index in [-0.39, 0.29) is 0 Å². The van der Waals surface area contributed by atoms with Crippen molar-refractivity contribution >= 4 is 46.2 Å². The molecule has 134 valence electrons. The van der Waals surface area contributed by atoms with Gasteiger partial charge in [0.15, 0.2) is 0 Å². The summed E-state index contributed by atoms with van der Waals surface area (Å²) in [5, 5.41) is 5.74. The molecule has 2 aromatic rings. The predicted molar refractivity (Wildman–Crippen MR) is 116 cm³/mol. The summed E-state index contributed by atoms with van der Waals surface area (Å²) in [6.45, 7) is 6.79. The lowest BCUT2D eigenvalue weighted by Crippen LogP contribution is -1.95. The zero-order valence-corrected chi connectivity index (χ0v) is 17.8. The van der Waals surface area contributed by atoms with Crippen LogP contribution in [0.2, 0.25) is 0 Å². The molecule has 1 nitrogen and oxygen atoms in total. The average molecular weight is 382 g/mol. The second-order valence-electron chi connectivity index (χ2n) is 5.92. The number of fused-ring (bicyclic) bond motifs is 1. The summed E-state index contributed by atoms with van der Waals surface area (Å²) in [6, 6.07) is 8.92. The molecule has 2 rings (SSSR count). The highest BCUT2D eigenvalue weighted by Gasteiger charge is 2.17. The van der Waals surface area contributed by atoms with Crippen LogP contribution in [0.4, 0.5) is 0 Å². The van der Waals surface area contributed by atoms with Crippen molar-refractivity contribution in [3.63, 3.8) is 0 Å². The minimum absolute atomic E-state index is 1.13. The normalized spacial score (nSPS) is 11.5. The molecule has 0 aliphatic rings. The standard InChI is InChI=1S/C20H31NS3/c1-4-7-8-9-10-13-16-24-21-19(22-5-2)17-14-11-12-15-18(17)20(21)23-6-3/h11-12,14-15H,4-10,13,16H2,1-3H3. The van der Waals surface area contributed by atoms with E-state index in [2.05, 4.69) is 49.0 Å². The predicted octanol–water partition coefficient (Wildman–Crippen LogP) is 7.72. The maximum absolute atomic E-state index is 2.53. The van der Waals surface area contributed by atoms with Crippen molar-refractivity contribution in [3.8, 4) is 0 Å². The number of nitrogens with zero attached hydrogens (tertiary/aromatic N) is 1. The molecule has 1 aromatic carbocycles. The summed E-state index contributed by atoms with van der Waals surface area (Å²) in [4.78, 5) is 0. The van der Waals surface area contributed by atoms with Crippen LogP contribution in [0.15, 0.2) is 34.3 Å². The summed E-state index contributed by atoms with van der Waals surface area (Å²) >= 11 is 5.98. The molecule has 0 saturated heterocycles. The van der Waals surface area contributed by atoms with Crippen molar-refractivity contribution in [2.24, 2.45) is 0 Å². The van der Waals surface area contributed by atoms with Crippen molar-refractivity contribution in [3.05, 3.63) is 24.3 Å². The molecule has 0 unspecified atom stereocenters. The Bertz CT molecular complexity index is 563. The highest BCUT2D eigenvalue weighted by atomic mass is 32.2. The summed E-state index contributed by atoms with van der Waals surface area (Å²) < 4.78 is 2.53. The fourth-order valence-corrected chi connectivity index (χ4v) is 6.14. The molecule has 24 heavy (non-hydrogen) atoms. The molecule has 0 saturated carbocycles. The minimum atomic E-state index is 1.13. The second kappa shape index (κ2) is 11.4. The SMILES string of the molecule is CCCCCCCCSn1c(SCC)c2ccccc2c1SCC. The van der Waals surface area contributed by atoms with Crippen LogP contribution in [0, 0.1) is 0 Å². The summed E-state index contributed by atoms with van der Waals surface area (Å²) in [7, 11) is 0. The number of hydrogen-bond donors (Lipinski definition) is 0. The molecule has 0 N–H and O–H groups in total. The van der Waals surface area contributed by atoms with Crippen LogP contribution in [0.1, 0.15) is 59.3 Å². The summed E-state index contributed by atoms with van der Waals surface area (Å²) in [5.41, 5.74) is 0. The molecule has 1 heterocycles. The highest BCUT2D eigenvalue weighted by molar-refractivity contribution is 8.03. The van der Waals surface area contributed by atoms with E-state index >= 15 is 0 Å². The smallest absolute Gasteiger partial charge is 0.0943 e. The van der Waals surface area contributed by atoms with Gasteiger partial charge in [-0.25, -0.2) is 0 Å². The largest absolute Gasteiger partial charge is 0.271 e. The van der Waals surface area contributed by atoms with Gasteiger partial charge in [0.2, 0.25) is 0 Å². The summed E-state index contributed by atoms with van der Waals surface area (Å²) in [6.07, 6.45) is 8.23. The maximum atomic E-state index is 2.53. The van der Waals surface area contributed by atoms with Crippen LogP contribution >= 0.6 is 35.5 Å². The molecule has 0 fully saturated rings.